The molecule has 0 spiro atoms. The zero-order chi connectivity index (χ0) is 23.4. The van der Waals surface area contributed by atoms with E-state index in [1.807, 2.05) is 11.0 Å². The number of anilines is 1. The lowest BCUT2D eigenvalue weighted by Gasteiger charge is -2.22. The molecule has 1 amide bonds. The highest BCUT2D eigenvalue weighted by atomic mass is 19.1. The molecule has 2 aromatic carbocycles. The third-order valence-corrected chi connectivity index (χ3v) is 5.74. The van der Waals surface area contributed by atoms with E-state index in [-0.39, 0.29) is 11.7 Å². The van der Waals surface area contributed by atoms with Gasteiger partial charge in [-0.3, -0.25) is 9.89 Å². The third-order valence-electron chi connectivity index (χ3n) is 5.74. The van der Waals surface area contributed by atoms with Crippen LogP contribution in [0.2, 0.25) is 0 Å². The zero-order valence-electron chi connectivity index (χ0n) is 18.9. The second kappa shape index (κ2) is 9.81. The number of amides is 1. The first-order chi connectivity index (χ1) is 16.0. The van der Waals surface area contributed by atoms with Crippen molar-refractivity contribution in [2.24, 2.45) is 0 Å². The van der Waals surface area contributed by atoms with Crippen molar-refractivity contribution in [3.05, 3.63) is 53.8 Å². The van der Waals surface area contributed by atoms with Gasteiger partial charge in [0.25, 0.3) is 5.91 Å². The first-order valence-electron chi connectivity index (χ1n) is 10.7. The Morgan fingerprint density at radius 1 is 0.939 bits per heavy atom. The van der Waals surface area contributed by atoms with E-state index in [4.69, 9.17) is 14.2 Å². The van der Waals surface area contributed by atoms with Crippen molar-refractivity contribution < 1.29 is 23.4 Å². The Kier molecular flexibility index (Phi) is 6.67. The van der Waals surface area contributed by atoms with Crippen molar-refractivity contribution in [2.75, 3.05) is 52.4 Å². The number of aromatic amines is 1. The van der Waals surface area contributed by atoms with Crippen LogP contribution in [-0.2, 0) is 0 Å². The highest BCUT2D eigenvalue weighted by molar-refractivity contribution is 5.95. The van der Waals surface area contributed by atoms with Crippen LogP contribution in [-0.4, -0.2) is 68.5 Å². The summed E-state index contributed by atoms with van der Waals surface area (Å²) in [6.07, 6.45) is 0.801. The van der Waals surface area contributed by atoms with E-state index in [9.17, 15) is 9.18 Å². The van der Waals surface area contributed by atoms with Gasteiger partial charge in [-0.25, -0.2) is 4.39 Å². The van der Waals surface area contributed by atoms with E-state index < -0.39 is 0 Å². The molecule has 2 heterocycles. The number of carbonyl (C=O) groups excluding carboxylic acids is 1. The lowest BCUT2D eigenvalue weighted by atomic mass is 10.1. The van der Waals surface area contributed by atoms with Gasteiger partial charge in [-0.15, -0.1) is 0 Å². The summed E-state index contributed by atoms with van der Waals surface area (Å²) >= 11 is 0. The molecule has 1 aromatic heterocycles. The summed E-state index contributed by atoms with van der Waals surface area (Å²) in [4.78, 5) is 17.2. The summed E-state index contributed by atoms with van der Waals surface area (Å²) in [5.41, 5.74) is 2.17. The van der Waals surface area contributed by atoms with Crippen LogP contribution in [0.1, 0.15) is 16.8 Å². The van der Waals surface area contributed by atoms with Gasteiger partial charge in [0.2, 0.25) is 5.75 Å². The molecule has 9 heteroatoms. The first-order valence-corrected chi connectivity index (χ1v) is 10.7. The Morgan fingerprint density at radius 2 is 1.64 bits per heavy atom. The van der Waals surface area contributed by atoms with Crippen LogP contribution in [0.15, 0.2) is 42.5 Å². The number of halogens is 1. The topological polar surface area (TPSA) is 79.9 Å². The number of benzene rings is 2. The Labute approximate surface area is 191 Å². The van der Waals surface area contributed by atoms with Crippen molar-refractivity contribution in [2.45, 2.75) is 6.42 Å². The molecule has 8 nitrogen and oxygen atoms in total. The molecule has 1 N–H and O–H groups in total. The number of ether oxygens (including phenoxy) is 3. The number of aromatic nitrogens is 2. The number of hydrogen-bond donors (Lipinski definition) is 1. The van der Waals surface area contributed by atoms with Crippen molar-refractivity contribution in [3.63, 3.8) is 0 Å². The van der Waals surface area contributed by atoms with Crippen LogP contribution >= 0.6 is 0 Å². The van der Waals surface area contributed by atoms with Gasteiger partial charge in [0.1, 0.15) is 5.82 Å². The maximum absolute atomic E-state index is 13.3. The summed E-state index contributed by atoms with van der Waals surface area (Å²) in [5, 5.41) is 7.45. The van der Waals surface area contributed by atoms with Crippen LogP contribution in [0, 0.1) is 5.82 Å². The standard InChI is InChI=1S/C24H27FN4O4/c1-31-20-13-17(14-21(32-2)23(20)33-3)24(30)29-10-4-9-28(11-12-29)22-15-19(26-27-22)16-5-7-18(25)8-6-16/h5-8,13-15H,4,9-12H2,1-3H3,(H,26,27). The highest BCUT2D eigenvalue weighted by Gasteiger charge is 2.24. The van der Waals surface area contributed by atoms with Crippen molar-refractivity contribution in [3.8, 4) is 28.5 Å². The van der Waals surface area contributed by atoms with Crippen LogP contribution in [0.4, 0.5) is 10.2 Å². The molecular weight excluding hydrogens is 427 g/mol. The minimum atomic E-state index is -0.275. The quantitative estimate of drug-likeness (QED) is 0.613. The molecule has 174 valence electrons. The van der Waals surface area contributed by atoms with Gasteiger partial charge in [-0.1, -0.05) is 0 Å². The average molecular weight is 455 g/mol. The summed E-state index contributed by atoms with van der Waals surface area (Å²) < 4.78 is 29.3. The fourth-order valence-corrected chi connectivity index (χ4v) is 3.99. The van der Waals surface area contributed by atoms with E-state index in [0.29, 0.717) is 42.4 Å². The second-order valence-electron chi connectivity index (χ2n) is 7.69. The SMILES string of the molecule is COc1cc(C(=O)N2CCCN(c3cc(-c4ccc(F)cc4)[nH]n3)CC2)cc(OC)c1OC. The maximum Gasteiger partial charge on any atom is 0.254 e. The minimum Gasteiger partial charge on any atom is -0.493 e. The van der Waals surface area contributed by atoms with Gasteiger partial charge in [0, 0.05) is 37.8 Å². The van der Waals surface area contributed by atoms with Crippen molar-refractivity contribution in [1.29, 1.82) is 0 Å². The van der Waals surface area contributed by atoms with E-state index in [1.165, 1.54) is 33.5 Å². The molecule has 0 atom stereocenters. The molecule has 1 saturated heterocycles. The van der Waals surface area contributed by atoms with Crippen LogP contribution in [0.3, 0.4) is 0 Å². The number of nitrogens with one attached hydrogen (secondary N) is 1. The molecule has 3 aromatic rings. The third kappa shape index (κ3) is 4.72. The van der Waals surface area contributed by atoms with Gasteiger partial charge in [-0.05, 0) is 48.4 Å². The number of rotatable bonds is 6. The van der Waals surface area contributed by atoms with Crippen LogP contribution < -0.4 is 19.1 Å². The molecule has 0 saturated carbocycles. The number of hydrogen-bond acceptors (Lipinski definition) is 6. The average Bonchev–Trinajstić information content (AvgIpc) is 3.20. The maximum atomic E-state index is 13.3. The van der Waals surface area contributed by atoms with Crippen LogP contribution in [0.25, 0.3) is 11.3 Å². The molecule has 33 heavy (non-hydrogen) atoms. The normalized spacial score (nSPS) is 14.1. The zero-order valence-corrected chi connectivity index (χ0v) is 18.9. The molecule has 0 radical (unpaired) electrons. The molecule has 4 rings (SSSR count). The summed E-state index contributed by atoms with van der Waals surface area (Å²) in [6.45, 7) is 2.59. The number of methoxy groups -OCH3 is 3. The lowest BCUT2D eigenvalue weighted by molar-refractivity contribution is 0.0766. The Bertz CT molecular complexity index is 1090. The van der Waals surface area contributed by atoms with Crippen molar-refractivity contribution >= 4 is 11.7 Å². The molecular formula is C24H27FN4O4. The Morgan fingerprint density at radius 3 is 2.27 bits per heavy atom. The lowest BCUT2D eigenvalue weighted by Crippen LogP contribution is -2.35. The monoisotopic (exact) mass is 454 g/mol. The first kappa shape index (κ1) is 22.4. The number of nitrogens with zero attached hydrogens (tertiary/aromatic N) is 3. The molecule has 0 aliphatic carbocycles. The second-order valence-corrected chi connectivity index (χ2v) is 7.69. The largest absolute Gasteiger partial charge is 0.493 e. The van der Waals surface area contributed by atoms with Crippen molar-refractivity contribution in [1.82, 2.24) is 15.1 Å². The van der Waals surface area contributed by atoms with Gasteiger partial charge in [0.15, 0.2) is 17.3 Å². The smallest absolute Gasteiger partial charge is 0.254 e. The van der Waals surface area contributed by atoms with E-state index in [0.717, 1.165) is 30.0 Å². The van der Waals surface area contributed by atoms with E-state index in [2.05, 4.69) is 15.1 Å². The predicted octanol–water partition coefficient (Wildman–Crippen LogP) is 3.59. The fourth-order valence-electron chi connectivity index (χ4n) is 3.99. The molecule has 1 fully saturated rings. The highest BCUT2D eigenvalue weighted by Crippen LogP contribution is 2.38. The molecule has 0 bridgehead atoms. The number of carbonyl (C=O) groups is 1. The van der Waals surface area contributed by atoms with Gasteiger partial charge >= 0.3 is 0 Å². The van der Waals surface area contributed by atoms with Gasteiger partial charge < -0.3 is 24.0 Å². The van der Waals surface area contributed by atoms with E-state index in [1.54, 1.807) is 24.3 Å². The molecule has 1 aliphatic heterocycles. The predicted molar refractivity (Wildman–Crippen MR) is 123 cm³/mol. The van der Waals surface area contributed by atoms with E-state index >= 15 is 0 Å². The summed E-state index contributed by atoms with van der Waals surface area (Å²) in [7, 11) is 4.58. The summed E-state index contributed by atoms with van der Waals surface area (Å²) in [6, 6.07) is 11.6. The Balaban J connectivity index is 1.47. The molecule has 1 aliphatic rings. The minimum absolute atomic E-state index is 0.0925. The van der Waals surface area contributed by atoms with Gasteiger partial charge in [0.05, 0.1) is 27.0 Å². The Hall–Kier alpha value is -3.75. The molecule has 0 unspecified atom stereocenters. The summed E-state index contributed by atoms with van der Waals surface area (Å²) in [5.74, 6) is 1.78. The fraction of sp³-hybridized carbons (Fsp3) is 0.333. The van der Waals surface area contributed by atoms with Gasteiger partial charge in [-0.2, -0.15) is 5.10 Å². The van der Waals surface area contributed by atoms with Crippen LogP contribution in [0.5, 0.6) is 17.2 Å². The number of H-pyrrole nitrogens is 1.